The predicted octanol–water partition coefficient (Wildman–Crippen LogP) is 1.73. The normalized spacial score (nSPS) is 39.7. The molecule has 4 atom stereocenters. The van der Waals surface area contributed by atoms with Crippen LogP contribution in [0.4, 0.5) is 0 Å². The molecule has 1 saturated heterocycles. The minimum absolute atomic E-state index is 0.701. The van der Waals surface area contributed by atoms with Gasteiger partial charge < -0.3 is 10.1 Å². The smallest absolute Gasteiger partial charge is 0.0503 e. The molecule has 1 aliphatic carbocycles. The van der Waals surface area contributed by atoms with Gasteiger partial charge >= 0.3 is 0 Å². The maximum absolute atomic E-state index is 5.29. The van der Waals surface area contributed by atoms with E-state index >= 15 is 0 Å². The average Bonchev–Trinajstić information content (AvgIpc) is 2.78. The molecule has 3 heteroatoms. The zero-order valence-corrected chi connectivity index (χ0v) is 11.6. The summed E-state index contributed by atoms with van der Waals surface area (Å²) in [4.78, 5) is 2.71. The third-order valence-electron chi connectivity index (χ3n) is 4.64. The van der Waals surface area contributed by atoms with Crippen molar-refractivity contribution in [1.29, 1.82) is 0 Å². The highest BCUT2D eigenvalue weighted by Gasteiger charge is 2.35. The van der Waals surface area contributed by atoms with Crippen LogP contribution in [0.3, 0.4) is 0 Å². The molecule has 4 unspecified atom stereocenters. The number of rotatable bonds is 4. The quantitative estimate of drug-likeness (QED) is 0.810. The van der Waals surface area contributed by atoms with Crippen molar-refractivity contribution in [3.8, 4) is 0 Å². The first kappa shape index (κ1) is 13.3. The molecule has 0 spiro atoms. The van der Waals surface area contributed by atoms with E-state index in [2.05, 4.69) is 24.2 Å². The topological polar surface area (TPSA) is 24.5 Å². The predicted molar refractivity (Wildman–Crippen MR) is 71.2 cm³/mol. The maximum Gasteiger partial charge on any atom is 0.0503 e. The monoisotopic (exact) mass is 240 g/mol. The molecule has 100 valence electrons. The molecule has 2 fully saturated rings. The van der Waals surface area contributed by atoms with Crippen LogP contribution in [0.1, 0.15) is 32.6 Å². The second-order valence-corrected chi connectivity index (χ2v) is 5.99. The largest absolute Gasteiger partial charge is 0.384 e. The molecule has 0 bridgehead atoms. The van der Waals surface area contributed by atoms with Gasteiger partial charge in [-0.1, -0.05) is 6.92 Å². The summed E-state index contributed by atoms with van der Waals surface area (Å²) in [6.45, 7) is 5.84. The van der Waals surface area contributed by atoms with E-state index in [1.165, 1.54) is 38.8 Å². The molecule has 17 heavy (non-hydrogen) atoms. The molecule has 0 aromatic heterocycles. The molecule has 1 saturated carbocycles. The summed E-state index contributed by atoms with van der Waals surface area (Å²) < 4.78 is 5.29. The van der Waals surface area contributed by atoms with Gasteiger partial charge in [-0.15, -0.1) is 0 Å². The molecule has 1 heterocycles. The van der Waals surface area contributed by atoms with Crippen molar-refractivity contribution in [2.75, 3.05) is 33.9 Å². The number of hydrogen-bond acceptors (Lipinski definition) is 3. The Bertz CT molecular complexity index is 234. The van der Waals surface area contributed by atoms with Gasteiger partial charge in [0.15, 0.2) is 0 Å². The maximum atomic E-state index is 5.29. The lowest BCUT2D eigenvalue weighted by Crippen LogP contribution is -2.51. The molecular weight excluding hydrogens is 212 g/mol. The zero-order valence-electron chi connectivity index (χ0n) is 11.6. The molecule has 2 rings (SSSR count). The van der Waals surface area contributed by atoms with Gasteiger partial charge in [-0.3, -0.25) is 4.90 Å². The second-order valence-electron chi connectivity index (χ2n) is 5.99. The summed E-state index contributed by atoms with van der Waals surface area (Å²) in [5.74, 6) is 1.65. The lowest BCUT2D eigenvalue weighted by atomic mass is 9.82. The van der Waals surface area contributed by atoms with Crippen LogP contribution in [0.25, 0.3) is 0 Å². The fraction of sp³-hybridized carbons (Fsp3) is 1.00. The van der Waals surface area contributed by atoms with Crippen LogP contribution in [0.5, 0.6) is 0 Å². The van der Waals surface area contributed by atoms with E-state index < -0.39 is 0 Å². The SMILES string of the molecule is CNC1CCC(C)CC1N1CCC(COC)C1. The van der Waals surface area contributed by atoms with E-state index in [-0.39, 0.29) is 0 Å². The van der Waals surface area contributed by atoms with E-state index in [1.54, 1.807) is 0 Å². The molecule has 2 aliphatic rings. The summed E-state index contributed by atoms with van der Waals surface area (Å²) in [6, 6.07) is 1.46. The van der Waals surface area contributed by atoms with Crippen LogP contribution in [-0.2, 0) is 4.74 Å². The molecule has 0 aromatic rings. The van der Waals surface area contributed by atoms with Crippen molar-refractivity contribution in [2.24, 2.45) is 11.8 Å². The third kappa shape index (κ3) is 3.21. The lowest BCUT2D eigenvalue weighted by Gasteiger charge is -2.40. The molecule has 0 amide bonds. The van der Waals surface area contributed by atoms with Gasteiger partial charge in [0.05, 0.1) is 6.61 Å². The van der Waals surface area contributed by atoms with Gasteiger partial charge in [-0.25, -0.2) is 0 Å². The van der Waals surface area contributed by atoms with Crippen LogP contribution in [0.15, 0.2) is 0 Å². The minimum Gasteiger partial charge on any atom is -0.384 e. The molecule has 3 nitrogen and oxygen atoms in total. The summed E-state index contributed by atoms with van der Waals surface area (Å²) in [5, 5.41) is 3.53. The Balaban J connectivity index is 1.91. The van der Waals surface area contributed by atoms with Crippen molar-refractivity contribution in [2.45, 2.75) is 44.7 Å². The van der Waals surface area contributed by atoms with Crippen molar-refractivity contribution in [3.05, 3.63) is 0 Å². The van der Waals surface area contributed by atoms with E-state index in [4.69, 9.17) is 4.74 Å². The van der Waals surface area contributed by atoms with E-state index in [0.29, 0.717) is 6.04 Å². The molecule has 0 aromatic carbocycles. The third-order valence-corrected chi connectivity index (χ3v) is 4.64. The Morgan fingerprint density at radius 1 is 1.29 bits per heavy atom. The summed E-state index contributed by atoms with van der Waals surface area (Å²) in [5.41, 5.74) is 0. The summed E-state index contributed by atoms with van der Waals surface area (Å²) in [7, 11) is 3.94. The van der Waals surface area contributed by atoms with Crippen molar-refractivity contribution in [3.63, 3.8) is 0 Å². The molecule has 1 N–H and O–H groups in total. The van der Waals surface area contributed by atoms with Crippen LogP contribution in [0.2, 0.25) is 0 Å². The number of hydrogen-bond donors (Lipinski definition) is 1. The highest BCUT2D eigenvalue weighted by molar-refractivity contribution is 4.92. The number of nitrogens with zero attached hydrogens (tertiary/aromatic N) is 1. The van der Waals surface area contributed by atoms with Gasteiger partial charge in [0.1, 0.15) is 0 Å². The first-order valence-corrected chi connectivity index (χ1v) is 7.14. The first-order valence-electron chi connectivity index (χ1n) is 7.14. The molecule has 0 radical (unpaired) electrons. The van der Waals surface area contributed by atoms with Gasteiger partial charge in [-0.05, 0) is 51.1 Å². The number of methoxy groups -OCH3 is 1. The zero-order chi connectivity index (χ0) is 12.3. The Morgan fingerprint density at radius 2 is 2.12 bits per heavy atom. The average molecular weight is 240 g/mol. The Kier molecular flexibility index (Phi) is 4.83. The van der Waals surface area contributed by atoms with Crippen LogP contribution in [-0.4, -0.2) is 50.8 Å². The van der Waals surface area contributed by atoms with Crippen molar-refractivity contribution < 1.29 is 4.74 Å². The number of likely N-dealkylation sites (N-methyl/N-ethyl adjacent to an activating group) is 1. The molecular formula is C14H28N2O. The number of nitrogens with one attached hydrogen (secondary N) is 1. The van der Waals surface area contributed by atoms with E-state index in [0.717, 1.165) is 24.5 Å². The van der Waals surface area contributed by atoms with E-state index in [1.807, 2.05) is 7.11 Å². The van der Waals surface area contributed by atoms with E-state index in [9.17, 15) is 0 Å². The Labute approximate surface area is 106 Å². The second kappa shape index (κ2) is 6.17. The van der Waals surface area contributed by atoms with Crippen LogP contribution >= 0.6 is 0 Å². The highest BCUT2D eigenvalue weighted by Crippen LogP contribution is 2.31. The summed E-state index contributed by atoms with van der Waals surface area (Å²) in [6.07, 6.45) is 5.41. The highest BCUT2D eigenvalue weighted by atomic mass is 16.5. The van der Waals surface area contributed by atoms with Crippen LogP contribution < -0.4 is 5.32 Å². The standard InChI is InChI=1S/C14H28N2O/c1-11-4-5-13(15-2)14(8-11)16-7-6-12(9-16)10-17-3/h11-15H,4-10H2,1-3H3. The van der Waals surface area contributed by atoms with Gasteiger partial charge in [0, 0.05) is 25.7 Å². The number of ether oxygens (including phenoxy) is 1. The Hall–Kier alpha value is -0.120. The van der Waals surface area contributed by atoms with Crippen molar-refractivity contribution in [1.82, 2.24) is 10.2 Å². The minimum atomic E-state index is 0.701. The van der Waals surface area contributed by atoms with Gasteiger partial charge in [0.2, 0.25) is 0 Å². The Morgan fingerprint density at radius 3 is 2.82 bits per heavy atom. The molecule has 1 aliphatic heterocycles. The summed E-state index contributed by atoms with van der Waals surface area (Å²) >= 11 is 0. The first-order chi connectivity index (χ1) is 8.24. The van der Waals surface area contributed by atoms with Crippen LogP contribution in [0, 0.1) is 11.8 Å². The van der Waals surface area contributed by atoms with Crippen molar-refractivity contribution >= 4 is 0 Å². The van der Waals surface area contributed by atoms with Gasteiger partial charge in [0.25, 0.3) is 0 Å². The van der Waals surface area contributed by atoms with Gasteiger partial charge in [-0.2, -0.15) is 0 Å². The fourth-order valence-corrected chi connectivity index (χ4v) is 3.63. The number of likely N-dealkylation sites (tertiary alicyclic amines) is 1. The lowest BCUT2D eigenvalue weighted by molar-refractivity contribution is 0.110. The fourth-order valence-electron chi connectivity index (χ4n) is 3.63.